The minimum Gasteiger partial charge on any atom is -0.494 e. The summed E-state index contributed by atoms with van der Waals surface area (Å²) in [5.74, 6) is 1.28. The Bertz CT molecular complexity index is 1150. The van der Waals surface area contributed by atoms with E-state index in [2.05, 4.69) is 10.3 Å². The molecule has 0 bridgehead atoms. The molecular weight excluding hydrogens is 364 g/mol. The number of anilines is 1. The van der Waals surface area contributed by atoms with Crippen molar-refractivity contribution in [3.63, 3.8) is 0 Å². The summed E-state index contributed by atoms with van der Waals surface area (Å²) in [5.41, 5.74) is 5.08. The molecule has 0 spiro atoms. The third-order valence-electron chi connectivity index (χ3n) is 4.54. The number of rotatable bonds is 6. The van der Waals surface area contributed by atoms with Gasteiger partial charge in [-0.2, -0.15) is 0 Å². The van der Waals surface area contributed by atoms with Crippen molar-refractivity contribution < 1.29 is 13.9 Å². The largest absolute Gasteiger partial charge is 0.494 e. The topological polar surface area (TPSA) is 64.4 Å². The predicted molar refractivity (Wildman–Crippen MR) is 114 cm³/mol. The van der Waals surface area contributed by atoms with Crippen LogP contribution in [0.1, 0.15) is 18.1 Å². The van der Waals surface area contributed by atoms with Gasteiger partial charge >= 0.3 is 0 Å². The van der Waals surface area contributed by atoms with E-state index in [4.69, 9.17) is 9.15 Å². The zero-order valence-corrected chi connectivity index (χ0v) is 16.4. The van der Waals surface area contributed by atoms with Gasteiger partial charge in [-0.3, -0.25) is 4.79 Å². The first-order chi connectivity index (χ1) is 14.1. The molecule has 0 radical (unpaired) electrons. The van der Waals surface area contributed by atoms with Gasteiger partial charge in [-0.25, -0.2) is 4.98 Å². The van der Waals surface area contributed by atoms with Crippen LogP contribution in [0, 0.1) is 6.92 Å². The molecule has 1 amide bonds. The summed E-state index contributed by atoms with van der Waals surface area (Å²) in [5, 5.41) is 2.92. The van der Waals surface area contributed by atoms with Gasteiger partial charge in [-0.15, -0.1) is 0 Å². The minimum atomic E-state index is -0.0908. The molecule has 0 aliphatic heterocycles. The second-order valence-electron chi connectivity index (χ2n) is 6.87. The highest BCUT2D eigenvalue weighted by atomic mass is 16.5. The van der Waals surface area contributed by atoms with Crippen LogP contribution in [-0.4, -0.2) is 17.5 Å². The highest BCUT2D eigenvalue weighted by molar-refractivity contribution is 5.94. The van der Waals surface area contributed by atoms with Crippen LogP contribution in [-0.2, 0) is 11.2 Å². The summed E-state index contributed by atoms with van der Waals surface area (Å²) >= 11 is 0. The number of nitrogens with zero attached hydrogens (tertiary/aromatic N) is 1. The molecule has 0 fully saturated rings. The Morgan fingerprint density at radius 2 is 1.90 bits per heavy atom. The number of aromatic nitrogens is 1. The highest BCUT2D eigenvalue weighted by Crippen LogP contribution is 2.27. The standard InChI is InChI=1S/C24H22N2O3/c1-3-28-20-10-7-17(8-11-20)14-23(27)25-19-9-12-21-22(15-19)29-24(26-21)18-6-4-5-16(2)13-18/h4-13,15H,3,14H2,1-2H3,(H,25,27). The Balaban J connectivity index is 1.47. The van der Waals surface area contributed by atoms with Gasteiger partial charge in [-0.05, 0) is 55.8 Å². The lowest BCUT2D eigenvalue weighted by atomic mass is 10.1. The Labute approximate surface area is 169 Å². The van der Waals surface area contributed by atoms with Crippen LogP contribution in [0.25, 0.3) is 22.6 Å². The molecule has 5 nitrogen and oxygen atoms in total. The van der Waals surface area contributed by atoms with Gasteiger partial charge in [0.25, 0.3) is 0 Å². The molecule has 3 aromatic carbocycles. The van der Waals surface area contributed by atoms with Crippen LogP contribution in [0.5, 0.6) is 5.75 Å². The van der Waals surface area contributed by atoms with Crippen LogP contribution in [0.4, 0.5) is 5.69 Å². The van der Waals surface area contributed by atoms with Crippen LogP contribution in [0.2, 0.25) is 0 Å². The Hall–Kier alpha value is -3.60. The van der Waals surface area contributed by atoms with E-state index in [0.717, 1.165) is 28.0 Å². The van der Waals surface area contributed by atoms with Crippen molar-refractivity contribution in [2.24, 2.45) is 0 Å². The molecule has 0 aliphatic carbocycles. The molecular formula is C24H22N2O3. The summed E-state index contributed by atoms with van der Waals surface area (Å²) in [7, 11) is 0. The fraction of sp³-hybridized carbons (Fsp3) is 0.167. The molecule has 5 heteroatoms. The molecule has 0 saturated heterocycles. The normalized spacial score (nSPS) is 10.8. The SMILES string of the molecule is CCOc1ccc(CC(=O)Nc2ccc3nc(-c4cccc(C)c4)oc3c2)cc1. The Morgan fingerprint density at radius 3 is 2.66 bits per heavy atom. The van der Waals surface area contributed by atoms with Gasteiger partial charge in [0.2, 0.25) is 11.8 Å². The zero-order valence-electron chi connectivity index (χ0n) is 16.4. The van der Waals surface area contributed by atoms with Crippen molar-refractivity contribution in [1.29, 1.82) is 0 Å². The van der Waals surface area contributed by atoms with Crippen LogP contribution in [0.3, 0.4) is 0 Å². The monoisotopic (exact) mass is 386 g/mol. The molecule has 1 heterocycles. The molecule has 29 heavy (non-hydrogen) atoms. The average molecular weight is 386 g/mol. The first-order valence-corrected chi connectivity index (χ1v) is 9.60. The van der Waals surface area contributed by atoms with E-state index in [1.54, 1.807) is 6.07 Å². The van der Waals surface area contributed by atoms with Crippen LogP contribution >= 0.6 is 0 Å². The number of nitrogens with one attached hydrogen (secondary N) is 1. The second-order valence-corrected chi connectivity index (χ2v) is 6.87. The number of fused-ring (bicyclic) bond motifs is 1. The number of hydrogen-bond donors (Lipinski definition) is 1. The fourth-order valence-electron chi connectivity index (χ4n) is 3.16. The third kappa shape index (κ3) is 4.46. The Kier molecular flexibility index (Phi) is 5.29. The maximum absolute atomic E-state index is 12.4. The van der Waals surface area contributed by atoms with E-state index in [1.165, 1.54) is 0 Å². The summed E-state index contributed by atoms with van der Waals surface area (Å²) < 4.78 is 11.3. The number of aryl methyl sites for hydroxylation is 1. The predicted octanol–water partition coefficient (Wildman–Crippen LogP) is 5.38. The number of amides is 1. The summed E-state index contributed by atoms with van der Waals surface area (Å²) in [6.07, 6.45) is 0.287. The average Bonchev–Trinajstić information content (AvgIpc) is 3.13. The molecule has 1 N–H and O–H groups in total. The number of carbonyl (C=O) groups excluding carboxylic acids is 1. The molecule has 1 aromatic heterocycles. The maximum Gasteiger partial charge on any atom is 0.228 e. The number of benzene rings is 3. The van der Waals surface area contributed by atoms with Crippen molar-refractivity contribution in [3.8, 4) is 17.2 Å². The van der Waals surface area contributed by atoms with E-state index in [0.29, 0.717) is 23.8 Å². The first-order valence-electron chi connectivity index (χ1n) is 9.60. The van der Waals surface area contributed by atoms with Crippen molar-refractivity contribution in [2.45, 2.75) is 20.3 Å². The van der Waals surface area contributed by atoms with Crippen molar-refractivity contribution in [2.75, 3.05) is 11.9 Å². The van der Waals surface area contributed by atoms with Crippen molar-refractivity contribution >= 4 is 22.7 Å². The molecule has 4 rings (SSSR count). The number of hydrogen-bond acceptors (Lipinski definition) is 4. The van der Waals surface area contributed by atoms with E-state index in [1.807, 2.05) is 74.5 Å². The van der Waals surface area contributed by atoms with Crippen molar-refractivity contribution in [3.05, 3.63) is 77.9 Å². The smallest absolute Gasteiger partial charge is 0.228 e. The number of ether oxygens (including phenoxy) is 1. The zero-order chi connectivity index (χ0) is 20.2. The van der Waals surface area contributed by atoms with Gasteiger partial charge in [-0.1, -0.05) is 29.8 Å². The molecule has 0 atom stereocenters. The van der Waals surface area contributed by atoms with Gasteiger partial charge in [0.05, 0.1) is 13.0 Å². The van der Waals surface area contributed by atoms with Gasteiger partial charge in [0.15, 0.2) is 5.58 Å². The molecule has 4 aromatic rings. The fourth-order valence-corrected chi connectivity index (χ4v) is 3.16. The molecule has 0 aliphatic rings. The summed E-state index contributed by atoms with van der Waals surface area (Å²) in [6.45, 7) is 4.59. The van der Waals surface area contributed by atoms with E-state index >= 15 is 0 Å². The number of oxazole rings is 1. The second kappa shape index (κ2) is 8.19. The number of carbonyl (C=O) groups is 1. The quantitative estimate of drug-likeness (QED) is 0.483. The molecule has 146 valence electrons. The first kappa shape index (κ1) is 18.7. The lowest BCUT2D eigenvalue weighted by molar-refractivity contribution is -0.115. The maximum atomic E-state index is 12.4. The highest BCUT2D eigenvalue weighted by Gasteiger charge is 2.11. The van der Waals surface area contributed by atoms with Gasteiger partial charge in [0.1, 0.15) is 11.3 Å². The third-order valence-corrected chi connectivity index (χ3v) is 4.54. The van der Waals surface area contributed by atoms with Crippen LogP contribution < -0.4 is 10.1 Å². The van der Waals surface area contributed by atoms with E-state index < -0.39 is 0 Å². The van der Waals surface area contributed by atoms with Gasteiger partial charge in [0, 0.05) is 17.3 Å². The summed E-state index contributed by atoms with van der Waals surface area (Å²) in [4.78, 5) is 16.9. The minimum absolute atomic E-state index is 0.0908. The van der Waals surface area contributed by atoms with Crippen LogP contribution in [0.15, 0.2) is 71.1 Å². The van der Waals surface area contributed by atoms with E-state index in [-0.39, 0.29) is 12.3 Å². The van der Waals surface area contributed by atoms with E-state index in [9.17, 15) is 4.79 Å². The lowest BCUT2D eigenvalue weighted by Gasteiger charge is -2.06. The molecule has 0 saturated carbocycles. The van der Waals surface area contributed by atoms with Crippen molar-refractivity contribution in [1.82, 2.24) is 4.98 Å². The Morgan fingerprint density at radius 1 is 1.07 bits per heavy atom. The summed E-state index contributed by atoms with van der Waals surface area (Å²) in [6, 6.07) is 21.1. The van der Waals surface area contributed by atoms with Gasteiger partial charge < -0.3 is 14.5 Å². The lowest BCUT2D eigenvalue weighted by Crippen LogP contribution is -2.14. The molecule has 0 unspecified atom stereocenters.